The molecule has 2 heterocycles. The number of hydrazine groups is 1. The molecule has 0 saturated carbocycles. The van der Waals surface area contributed by atoms with Gasteiger partial charge in [-0.05, 0) is 72.9 Å². The van der Waals surface area contributed by atoms with Crippen molar-refractivity contribution in [3.05, 3.63) is 100 Å². The molecule has 47 heavy (non-hydrogen) atoms. The summed E-state index contributed by atoms with van der Waals surface area (Å²) in [6.07, 6.45) is 4.71. The van der Waals surface area contributed by atoms with Gasteiger partial charge in [-0.25, -0.2) is 40.7 Å². The number of nitrogens with one attached hydrogen (secondary N) is 2. The Morgan fingerprint density at radius 2 is 1.66 bits per heavy atom. The average molecular weight is 720 g/mol. The first kappa shape index (κ1) is 34.9. The Bertz CT molecular complexity index is 2030. The molecular weight excluding hydrogens is 685 g/mol. The van der Waals surface area contributed by atoms with Crippen molar-refractivity contribution < 1.29 is 26.0 Å². The number of urea groups is 1. The number of carbonyl (C=O) groups excluding carboxylic acids is 1. The molecule has 0 aliphatic carbocycles. The van der Waals surface area contributed by atoms with Crippen molar-refractivity contribution in [3.63, 3.8) is 0 Å². The number of hydrogen-bond donors (Lipinski definition) is 2. The van der Waals surface area contributed by atoms with Crippen LogP contribution in [0.5, 0.6) is 0 Å². The zero-order chi connectivity index (χ0) is 34.1. The summed E-state index contributed by atoms with van der Waals surface area (Å²) in [5, 5.41) is 2.39. The summed E-state index contributed by atoms with van der Waals surface area (Å²) in [6.45, 7) is 6.94. The Balaban J connectivity index is 1.41. The Labute approximate surface area is 283 Å². The van der Waals surface area contributed by atoms with Crippen molar-refractivity contribution in [2.45, 2.75) is 59.7 Å². The van der Waals surface area contributed by atoms with Gasteiger partial charge >= 0.3 is 6.03 Å². The van der Waals surface area contributed by atoms with Crippen molar-refractivity contribution in [2.75, 3.05) is 19.3 Å². The number of nitrogens with zero attached hydrogens (tertiary/aromatic N) is 3. The van der Waals surface area contributed by atoms with E-state index in [2.05, 4.69) is 10.4 Å². The molecule has 1 saturated heterocycles. The fourth-order valence-electron chi connectivity index (χ4n) is 5.25. The number of carbonyl (C=O) groups is 1. The van der Waals surface area contributed by atoms with Gasteiger partial charge in [0, 0.05) is 35.5 Å². The standard InChI is InChI=1S/C32H35ClFN5O5S3/c1-21-7-11-24(17-28(21)34)39-29(32(2,3)23-9-13-25(14-10-23)46(4,41)42)19-35-31(39)45-20-22-8-12-26(18-27(22)33)47(43,44)37-30(40)36-38-15-5-6-16-38/h7-14,17-19H,5-6,15-16,20H2,1-4H3,(H2,36,37,40). The quantitative estimate of drug-likeness (QED) is 0.191. The number of aromatic nitrogens is 2. The van der Waals surface area contributed by atoms with E-state index in [-0.39, 0.29) is 20.6 Å². The second-order valence-corrected chi connectivity index (χ2v) is 16.9. The van der Waals surface area contributed by atoms with Gasteiger partial charge in [-0.3, -0.25) is 9.99 Å². The van der Waals surface area contributed by atoms with Crippen LogP contribution in [0.15, 0.2) is 81.8 Å². The van der Waals surface area contributed by atoms with E-state index in [0.717, 1.165) is 30.4 Å². The van der Waals surface area contributed by atoms with Crippen LogP contribution >= 0.6 is 23.4 Å². The van der Waals surface area contributed by atoms with Crippen molar-refractivity contribution in [1.29, 1.82) is 0 Å². The van der Waals surface area contributed by atoms with Crippen LogP contribution in [0.1, 0.15) is 49.1 Å². The summed E-state index contributed by atoms with van der Waals surface area (Å²) in [5.41, 5.74) is 5.09. The topological polar surface area (TPSA) is 130 Å². The van der Waals surface area contributed by atoms with Gasteiger partial charge in [0.1, 0.15) is 5.82 Å². The second-order valence-electron chi connectivity index (χ2n) is 11.9. The first-order valence-electron chi connectivity index (χ1n) is 14.7. The molecule has 0 spiro atoms. The van der Waals surface area contributed by atoms with Crippen molar-refractivity contribution in [3.8, 4) is 5.69 Å². The van der Waals surface area contributed by atoms with E-state index in [9.17, 15) is 26.0 Å². The van der Waals surface area contributed by atoms with Crippen LogP contribution in [0.2, 0.25) is 5.02 Å². The minimum atomic E-state index is -4.17. The predicted octanol–water partition coefficient (Wildman–Crippen LogP) is 5.99. The highest BCUT2D eigenvalue weighted by atomic mass is 35.5. The molecule has 0 unspecified atom stereocenters. The fourth-order valence-corrected chi connectivity index (χ4v) is 8.19. The molecule has 1 aliphatic rings. The lowest BCUT2D eigenvalue weighted by molar-refractivity contribution is 0.202. The number of sulfone groups is 1. The van der Waals surface area contributed by atoms with Crippen LogP contribution < -0.4 is 10.1 Å². The first-order chi connectivity index (χ1) is 22.1. The van der Waals surface area contributed by atoms with E-state index in [4.69, 9.17) is 11.6 Å². The van der Waals surface area contributed by atoms with Gasteiger partial charge in [0.2, 0.25) is 0 Å². The maximum atomic E-state index is 14.8. The molecule has 4 aromatic rings. The third-order valence-corrected chi connectivity index (χ3v) is 11.9. The molecule has 2 N–H and O–H groups in total. The van der Waals surface area contributed by atoms with Crippen LogP contribution in [-0.2, 0) is 31.0 Å². The number of benzene rings is 3. The highest BCUT2D eigenvalue weighted by molar-refractivity contribution is 7.98. The van der Waals surface area contributed by atoms with Crippen molar-refractivity contribution >= 4 is 49.3 Å². The van der Waals surface area contributed by atoms with E-state index < -0.39 is 31.3 Å². The lowest BCUT2D eigenvalue weighted by Gasteiger charge is -2.27. The molecule has 0 atom stereocenters. The highest BCUT2D eigenvalue weighted by Gasteiger charge is 2.30. The van der Waals surface area contributed by atoms with E-state index in [1.54, 1.807) is 60.6 Å². The van der Waals surface area contributed by atoms with Gasteiger partial charge in [0.15, 0.2) is 15.0 Å². The molecular formula is C32H35ClFN5O5S3. The number of thioether (sulfide) groups is 1. The molecule has 10 nitrogen and oxygen atoms in total. The maximum Gasteiger partial charge on any atom is 0.343 e. The minimum Gasteiger partial charge on any atom is -0.291 e. The highest BCUT2D eigenvalue weighted by Crippen LogP contribution is 2.38. The third-order valence-electron chi connectivity index (χ3n) is 8.07. The third kappa shape index (κ3) is 7.83. The molecule has 1 aromatic heterocycles. The van der Waals surface area contributed by atoms with E-state index in [0.29, 0.717) is 40.8 Å². The van der Waals surface area contributed by atoms with Crippen LogP contribution in [0, 0.1) is 12.7 Å². The number of imidazole rings is 1. The normalized spacial score (nSPS) is 14.3. The van der Waals surface area contributed by atoms with Gasteiger partial charge in [-0.2, -0.15) is 0 Å². The Morgan fingerprint density at radius 3 is 2.28 bits per heavy atom. The zero-order valence-electron chi connectivity index (χ0n) is 26.2. The molecule has 15 heteroatoms. The number of halogens is 2. The first-order valence-corrected chi connectivity index (χ1v) is 19.4. The number of aryl methyl sites for hydroxylation is 1. The molecule has 1 aliphatic heterocycles. The summed E-state index contributed by atoms with van der Waals surface area (Å²) in [5.74, 6) is -0.0768. The molecule has 2 amide bonds. The van der Waals surface area contributed by atoms with Gasteiger partial charge in [0.25, 0.3) is 10.0 Å². The molecule has 1 fully saturated rings. The summed E-state index contributed by atoms with van der Waals surface area (Å²) >= 11 is 7.87. The number of sulfonamides is 1. The Morgan fingerprint density at radius 1 is 1.00 bits per heavy atom. The summed E-state index contributed by atoms with van der Waals surface area (Å²) in [7, 11) is -7.55. The Kier molecular flexibility index (Phi) is 10.1. The zero-order valence-corrected chi connectivity index (χ0v) is 29.5. The molecule has 5 rings (SSSR count). The smallest absolute Gasteiger partial charge is 0.291 e. The van der Waals surface area contributed by atoms with Crippen molar-refractivity contribution in [2.24, 2.45) is 0 Å². The monoisotopic (exact) mass is 719 g/mol. The SMILES string of the molecule is Cc1ccc(-n2c(C(C)(C)c3ccc(S(C)(=O)=O)cc3)cnc2SCc2ccc(S(=O)(=O)NC(=O)NN3CCCC3)cc2Cl)cc1F. The average Bonchev–Trinajstić information content (AvgIpc) is 3.67. The van der Waals surface area contributed by atoms with Crippen LogP contribution in [0.4, 0.5) is 9.18 Å². The number of hydrogen-bond acceptors (Lipinski definition) is 8. The summed E-state index contributed by atoms with van der Waals surface area (Å²) in [4.78, 5) is 17.0. The molecule has 0 bridgehead atoms. The maximum absolute atomic E-state index is 14.8. The van der Waals surface area contributed by atoms with Crippen LogP contribution in [0.3, 0.4) is 0 Å². The fraction of sp³-hybridized carbons (Fsp3) is 0.312. The minimum absolute atomic E-state index is 0.157. The molecule has 3 aromatic carbocycles. The van der Waals surface area contributed by atoms with E-state index in [1.165, 1.54) is 30.0 Å². The largest absolute Gasteiger partial charge is 0.343 e. The lowest BCUT2D eigenvalue weighted by Crippen LogP contribution is -2.47. The summed E-state index contributed by atoms with van der Waals surface area (Å²) in [6, 6.07) is 15.0. The van der Waals surface area contributed by atoms with E-state index in [1.807, 2.05) is 23.1 Å². The molecule has 0 radical (unpaired) electrons. The van der Waals surface area contributed by atoms with Crippen molar-refractivity contribution in [1.82, 2.24) is 24.7 Å². The van der Waals surface area contributed by atoms with Crippen LogP contribution in [0.25, 0.3) is 5.69 Å². The van der Waals surface area contributed by atoms with Gasteiger partial charge in [-0.1, -0.05) is 61.5 Å². The van der Waals surface area contributed by atoms with Gasteiger partial charge < -0.3 is 0 Å². The number of amides is 2. The van der Waals surface area contributed by atoms with Gasteiger partial charge in [-0.15, -0.1) is 0 Å². The van der Waals surface area contributed by atoms with Gasteiger partial charge in [0.05, 0.1) is 27.4 Å². The van der Waals surface area contributed by atoms with E-state index >= 15 is 0 Å². The lowest BCUT2D eigenvalue weighted by atomic mass is 9.81. The Hall–Kier alpha value is -3.43. The number of rotatable bonds is 10. The predicted molar refractivity (Wildman–Crippen MR) is 181 cm³/mol. The second kappa shape index (κ2) is 13.6. The summed E-state index contributed by atoms with van der Waals surface area (Å²) < 4.78 is 68.5. The molecule has 250 valence electrons. The van der Waals surface area contributed by atoms with Crippen LogP contribution in [-0.4, -0.2) is 56.8 Å².